The van der Waals surface area contributed by atoms with Gasteiger partial charge in [0.2, 0.25) is 0 Å². The number of hydrogen-bond acceptors (Lipinski definition) is 5. The number of ketones is 1. The maximum atomic E-state index is 11.8. The number of hydrogen-bond donors (Lipinski definition) is 0. The van der Waals surface area contributed by atoms with Crippen LogP contribution in [0.3, 0.4) is 0 Å². The highest BCUT2D eigenvalue weighted by atomic mass is 79.9. The van der Waals surface area contributed by atoms with Gasteiger partial charge in [-0.3, -0.25) is 8.98 Å². The van der Waals surface area contributed by atoms with Crippen LogP contribution in [0.4, 0.5) is 0 Å². The molecule has 2 aliphatic rings. The van der Waals surface area contributed by atoms with E-state index in [1.165, 1.54) is 6.26 Å². The highest BCUT2D eigenvalue weighted by Gasteiger charge is 2.40. The van der Waals surface area contributed by atoms with Gasteiger partial charge in [0.25, 0.3) is 10.1 Å². The molecule has 1 saturated carbocycles. The third kappa shape index (κ3) is 3.08. The molecule has 7 heteroatoms. The van der Waals surface area contributed by atoms with Crippen LogP contribution in [0.25, 0.3) is 0 Å². The molecule has 2 rings (SSSR count). The van der Waals surface area contributed by atoms with Crippen LogP contribution in [-0.2, 0) is 23.8 Å². The number of fused-ring (bicyclic) bond motifs is 1. The van der Waals surface area contributed by atoms with E-state index in [1.54, 1.807) is 0 Å². The molecule has 0 aromatic carbocycles. The molecule has 0 N–H and O–H groups in total. The minimum Gasteiger partial charge on any atom is -0.496 e. The number of rotatable bonds is 2. The zero-order chi connectivity index (χ0) is 12.6. The maximum Gasteiger partial charge on any atom is 0.264 e. The first-order chi connectivity index (χ1) is 7.87. The third-order valence-corrected chi connectivity index (χ3v) is 4.17. The van der Waals surface area contributed by atoms with Gasteiger partial charge in [-0.15, -0.1) is 0 Å². The van der Waals surface area contributed by atoms with Gasteiger partial charge in [0, 0.05) is 6.42 Å². The Balaban J connectivity index is 2.04. The Bertz CT molecular complexity index is 455. The number of Topliss-reactive ketones (excluding diaryl/α,β-unsaturated/α-hetero) is 1. The summed E-state index contributed by atoms with van der Waals surface area (Å²) in [4.78, 5) is 11.8. The van der Waals surface area contributed by atoms with E-state index in [4.69, 9.17) is 8.92 Å². The van der Waals surface area contributed by atoms with Gasteiger partial charge in [0.05, 0.1) is 22.8 Å². The van der Waals surface area contributed by atoms with Gasteiger partial charge in [0.1, 0.15) is 12.4 Å². The fourth-order valence-electron chi connectivity index (χ4n) is 2.26. The van der Waals surface area contributed by atoms with E-state index in [2.05, 4.69) is 15.9 Å². The van der Waals surface area contributed by atoms with Crippen LogP contribution in [-0.4, -0.2) is 32.7 Å². The molecule has 3 atom stereocenters. The van der Waals surface area contributed by atoms with Crippen LogP contribution in [0.5, 0.6) is 0 Å². The smallest absolute Gasteiger partial charge is 0.264 e. The summed E-state index contributed by atoms with van der Waals surface area (Å²) in [6.45, 7) is 0. The largest absolute Gasteiger partial charge is 0.496 e. The van der Waals surface area contributed by atoms with Crippen LogP contribution < -0.4 is 0 Å². The lowest BCUT2D eigenvalue weighted by Crippen LogP contribution is -2.41. The number of ether oxygens (including phenoxy) is 1. The van der Waals surface area contributed by atoms with Crippen LogP contribution >= 0.6 is 15.9 Å². The minimum atomic E-state index is -3.45. The Morgan fingerprint density at radius 1 is 1.47 bits per heavy atom. The summed E-state index contributed by atoms with van der Waals surface area (Å²) in [5.41, 5.74) is 0. The average Bonchev–Trinajstić information content (AvgIpc) is 2.21. The van der Waals surface area contributed by atoms with Crippen LogP contribution in [0, 0.1) is 5.92 Å². The lowest BCUT2D eigenvalue weighted by molar-refractivity contribution is -0.127. The molecule has 1 aliphatic heterocycles. The van der Waals surface area contributed by atoms with Crippen molar-refractivity contribution in [1.82, 2.24) is 0 Å². The molecule has 0 bridgehead atoms. The summed E-state index contributed by atoms with van der Waals surface area (Å²) in [6.07, 6.45) is 3.33. The molecule has 5 nitrogen and oxygen atoms in total. The summed E-state index contributed by atoms with van der Waals surface area (Å²) >= 11 is 3.14. The lowest BCUT2D eigenvalue weighted by atomic mass is 9.81. The molecular weight excluding hydrogens is 312 g/mol. The third-order valence-electron chi connectivity index (χ3n) is 2.97. The Labute approximate surface area is 108 Å². The van der Waals surface area contributed by atoms with Gasteiger partial charge in [-0.2, -0.15) is 8.42 Å². The summed E-state index contributed by atoms with van der Waals surface area (Å²) in [6, 6.07) is 0. The van der Waals surface area contributed by atoms with E-state index in [0.717, 1.165) is 6.26 Å². The first-order valence-electron chi connectivity index (χ1n) is 5.30. The van der Waals surface area contributed by atoms with Crippen molar-refractivity contribution in [3.05, 3.63) is 10.7 Å². The Morgan fingerprint density at radius 3 is 2.82 bits per heavy atom. The fourth-order valence-corrected chi connectivity index (χ4v) is 3.33. The predicted octanol–water partition coefficient (Wildman–Crippen LogP) is 1.34. The van der Waals surface area contributed by atoms with E-state index in [0.29, 0.717) is 23.7 Å². The molecule has 0 aromatic heterocycles. The van der Waals surface area contributed by atoms with Crippen molar-refractivity contribution in [2.45, 2.75) is 31.5 Å². The number of carbonyl (C=O) groups is 1. The summed E-state index contributed by atoms with van der Waals surface area (Å²) < 4.78 is 32.8. The first kappa shape index (κ1) is 13.0. The molecule has 17 heavy (non-hydrogen) atoms. The fraction of sp³-hybridized carbons (Fsp3) is 0.700. The zero-order valence-electron chi connectivity index (χ0n) is 9.26. The first-order valence-corrected chi connectivity index (χ1v) is 7.91. The van der Waals surface area contributed by atoms with Gasteiger partial charge in [-0.05, 0) is 28.8 Å². The molecule has 96 valence electrons. The van der Waals surface area contributed by atoms with Crippen molar-refractivity contribution in [2.24, 2.45) is 5.92 Å². The van der Waals surface area contributed by atoms with Gasteiger partial charge >= 0.3 is 0 Å². The number of carbonyl (C=O) groups excluding carboxylic acids is 1. The van der Waals surface area contributed by atoms with E-state index in [1.807, 2.05) is 0 Å². The molecule has 0 amide bonds. The molecule has 0 radical (unpaired) electrons. The Kier molecular flexibility index (Phi) is 3.61. The molecule has 0 saturated heterocycles. The standard InChI is InChI=1S/C10H13BrO5S/c1-17(13,14)16-6-2-3-7-9(4-6)15-5-8(11)10(7)12/h5-7,9H,2-4H2,1H3. The van der Waals surface area contributed by atoms with Gasteiger partial charge < -0.3 is 4.74 Å². The molecule has 1 fully saturated rings. The predicted molar refractivity (Wildman–Crippen MR) is 63.9 cm³/mol. The van der Waals surface area contributed by atoms with E-state index in [-0.39, 0.29) is 23.9 Å². The Morgan fingerprint density at radius 2 is 2.18 bits per heavy atom. The molecule has 1 heterocycles. The van der Waals surface area contributed by atoms with Crippen LogP contribution in [0.15, 0.2) is 10.7 Å². The topological polar surface area (TPSA) is 69.7 Å². The van der Waals surface area contributed by atoms with Gasteiger partial charge in [0.15, 0.2) is 5.78 Å². The zero-order valence-corrected chi connectivity index (χ0v) is 11.7. The van der Waals surface area contributed by atoms with Crippen molar-refractivity contribution in [3.8, 4) is 0 Å². The second-order valence-electron chi connectivity index (χ2n) is 4.35. The van der Waals surface area contributed by atoms with E-state index >= 15 is 0 Å². The Hall–Kier alpha value is -0.400. The SMILES string of the molecule is CS(=O)(=O)OC1CCC2C(=O)C(Br)=COC2C1. The number of halogens is 1. The second kappa shape index (κ2) is 4.70. The molecular formula is C10H13BrO5S. The molecule has 0 spiro atoms. The lowest BCUT2D eigenvalue weighted by Gasteiger charge is -2.36. The monoisotopic (exact) mass is 324 g/mol. The van der Waals surface area contributed by atoms with Gasteiger partial charge in [-0.1, -0.05) is 0 Å². The summed E-state index contributed by atoms with van der Waals surface area (Å²) in [5.74, 6) is -0.159. The van der Waals surface area contributed by atoms with Crippen LogP contribution in [0.2, 0.25) is 0 Å². The summed E-state index contributed by atoms with van der Waals surface area (Å²) in [7, 11) is -3.45. The number of allylic oxidation sites excluding steroid dienone is 1. The normalized spacial score (nSPS) is 33.6. The second-order valence-corrected chi connectivity index (χ2v) is 6.80. The highest BCUT2D eigenvalue weighted by Crippen LogP contribution is 2.36. The minimum absolute atomic E-state index is 0.0269. The maximum absolute atomic E-state index is 11.8. The average molecular weight is 325 g/mol. The highest BCUT2D eigenvalue weighted by molar-refractivity contribution is 9.12. The van der Waals surface area contributed by atoms with Crippen molar-refractivity contribution in [2.75, 3.05) is 6.26 Å². The quantitative estimate of drug-likeness (QED) is 0.717. The van der Waals surface area contributed by atoms with Crippen molar-refractivity contribution in [1.29, 1.82) is 0 Å². The van der Waals surface area contributed by atoms with Crippen molar-refractivity contribution < 1.29 is 22.1 Å². The van der Waals surface area contributed by atoms with E-state index < -0.39 is 10.1 Å². The van der Waals surface area contributed by atoms with Crippen molar-refractivity contribution in [3.63, 3.8) is 0 Å². The summed E-state index contributed by atoms with van der Waals surface area (Å²) in [5, 5.41) is 0. The van der Waals surface area contributed by atoms with E-state index in [9.17, 15) is 13.2 Å². The molecule has 3 unspecified atom stereocenters. The van der Waals surface area contributed by atoms with Crippen LogP contribution in [0.1, 0.15) is 19.3 Å². The molecule has 0 aromatic rings. The van der Waals surface area contributed by atoms with Crippen molar-refractivity contribution >= 4 is 31.8 Å². The molecule has 1 aliphatic carbocycles. The van der Waals surface area contributed by atoms with Gasteiger partial charge in [-0.25, -0.2) is 0 Å².